The van der Waals surface area contributed by atoms with E-state index in [1.54, 1.807) is 11.1 Å². The highest BCUT2D eigenvalue weighted by Gasteiger charge is 2.46. The van der Waals surface area contributed by atoms with Crippen LogP contribution in [-0.2, 0) is 19.7 Å². The van der Waals surface area contributed by atoms with Gasteiger partial charge in [-0.25, -0.2) is 14.8 Å². The number of esters is 1. The molecule has 1 aliphatic heterocycles. The van der Waals surface area contributed by atoms with Gasteiger partial charge < -0.3 is 19.7 Å². The molecule has 0 unspecified atom stereocenters. The van der Waals surface area contributed by atoms with Crippen molar-refractivity contribution < 1.29 is 19.1 Å². The van der Waals surface area contributed by atoms with Gasteiger partial charge in [-0.2, -0.15) is 0 Å². The Hall–Kier alpha value is -2.68. The van der Waals surface area contributed by atoms with Crippen LogP contribution in [0, 0.1) is 0 Å². The maximum Gasteiger partial charge on any atom is 0.410 e. The Balaban J connectivity index is 1.80. The van der Waals surface area contributed by atoms with Crippen LogP contribution in [0.15, 0.2) is 29.8 Å². The molecule has 2 aromatic rings. The van der Waals surface area contributed by atoms with Crippen LogP contribution in [0.1, 0.15) is 39.3 Å². The largest absolute Gasteiger partial charge is 0.468 e. The predicted molar refractivity (Wildman–Crippen MR) is 110 cm³/mol. The summed E-state index contributed by atoms with van der Waals surface area (Å²) >= 11 is 1.47. The molecule has 0 aliphatic carbocycles. The fraction of sp³-hybridized carbons (Fsp3) is 0.500. The lowest BCUT2D eigenvalue weighted by Gasteiger charge is -2.39. The molecule has 0 bridgehead atoms. The monoisotopic (exact) mass is 418 g/mol. The molecule has 8 nitrogen and oxygen atoms in total. The second kappa shape index (κ2) is 8.36. The molecule has 2 aromatic heterocycles. The number of hydrogen-bond donors (Lipinski definition) is 1. The number of nitrogens with one attached hydrogen (secondary N) is 1. The van der Waals surface area contributed by atoms with E-state index in [0.717, 1.165) is 5.13 Å². The van der Waals surface area contributed by atoms with Crippen molar-refractivity contribution in [2.45, 2.75) is 44.6 Å². The molecule has 156 valence electrons. The topological polar surface area (TPSA) is 93.6 Å². The minimum Gasteiger partial charge on any atom is -0.468 e. The van der Waals surface area contributed by atoms with Crippen LogP contribution in [-0.4, -0.2) is 52.7 Å². The number of hydrogen-bond acceptors (Lipinski definition) is 8. The van der Waals surface area contributed by atoms with Crippen LogP contribution in [0.4, 0.5) is 15.7 Å². The van der Waals surface area contributed by atoms with E-state index in [4.69, 9.17) is 9.47 Å². The highest BCUT2D eigenvalue weighted by Crippen LogP contribution is 2.37. The van der Waals surface area contributed by atoms with Crippen LogP contribution < -0.4 is 5.32 Å². The van der Waals surface area contributed by atoms with Crippen molar-refractivity contribution in [2.75, 3.05) is 25.5 Å². The molecule has 1 fully saturated rings. The highest BCUT2D eigenvalue weighted by atomic mass is 32.1. The standard InChI is InChI=1S/C20H26N4O4S/c1-19(2,3)28-18(26)24-11-8-20(9-12-24,16(25)27-4)14-6-5-7-15(22-14)23-17-21-10-13-29-17/h5-7,10,13H,8-9,11-12H2,1-4H3,(H,21,22,23). The quantitative estimate of drug-likeness (QED) is 0.756. The fourth-order valence-corrected chi connectivity index (χ4v) is 3.86. The normalized spacial score (nSPS) is 16.2. The van der Waals surface area contributed by atoms with Gasteiger partial charge in [-0.3, -0.25) is 4.79 Å². The summed E-state index contributed by atoms with van der Waals surface area (Å²) in [5, 5.41) is 5.74. The third kappa shape index (κ3) is 4.84. The molecule has 1 aliphatic rings. The summed E-state index contributed by atoms with van der Waals surface area (Å²) in [7, 11) is 1.38. The van der Waals surface area contributed by atoms with Gasteiger partial charge >= 0.3 is 12.1 Å². The molecule has 0 atom stereocenters. The summed E-state index contributed by atoms with van der Waals surface area (Å²) in [5.41, 5.74) is -0.853. The smallest absolute Gasteiger partial charge is 0.410 e. The van der Waals surface area contributed by atoms with Crippen molar-refractivity contribution in [3.63, 3.8) is 0 Å². The summed E-state index contributed by atoms with van der Waals surface area (Å²) in [5.74, 6) is 0.260. The Kier molecular flexibility index (Phi) is 6.07. The first kappa shape index (κ1) is 21.0. The van der Waals surface area contributed by atoms with Crippen molar-refractivity contribution in [3.05, 3.63) is 35.5 Å². The summed E-state index contributed by atoms with van der Waals surface area (Å²) in [6, 6.07) is 5.50. The number of carbonyl (C=O) groups excluding carboxylic acids is 2. The van der Waals surface area contributed by atoms with Crippen molar-refractivity contribution in [1.29, 1.82) is 0 Å². The average molecular weight is 419 g/mol. The first-order valence-corrected chi connectivity index (χ1v) is 10.3. The Labute approximate surface area is 174 Å². The number of likely N-dealkylation sites (tertiary alicyclic amines) is 1. The number of nitrogens with zero attached hydrogens (tertiary/aromatic N) is 3. The molecule has 0 spiro atoms. The Bertz CT molecular complexity index is 856. The maximum absolute atomic E-state index is 12.8. The minimum atomic E-state index is -0.909. The summed E-state index contributed by atoms with van der Waals surface area (Å²) in [6.07, 6.45) is 2.15. The van der Waals surface area contributed by atoms with Crippen LogP contribution in [0.2, 0.25) is 0 Å². The Morgan fingerprint density at radius 2 is 1.97 bits per heavy atom. The molecule has 0 radical (unpaired) electrons. The average Bonchev–Trinajstić information content (AvgIpc) is 3.19. The maximum atomic E-state index is 12.8. The van der Waals surface area contributed by atoms with E-state index in [0.29, 0.717) is 37.4 Å². The number of rotatable bonds is 4. The summed E-state index contributed by atoms with van der Waals surface area (Å²) in [4.78, 5) is 35.7. The van der Waals surface area contributed by atoms with Gasteiger partial charge in [-0.05, 0) is 45.7 Å². The SMILES string of the molecule is COC(=O)C1(c2cccc(Nc3nccs3)n2)CCN(C(=O)OC(C)(C)C)CC1. The zero-order valence-corrected chi connectivity index (χ0v) is 17.9. The molecular weight excluding hydrogens is 392 g/mol. The molecule has 0 saturated carbocycles. The van der Waals surface area contributed by atoms with Gasteiger partial charge in [-0.15, -0.1) is 11.3 Å². The first-order valence-electron chi connectivity index (χ1n) is 9.44. The van der Waals surface area contributed by atoms with E-state index >= 15 is 0 Å². The number of amides is 1. The summed E-state index contributed by atoms with van der Waals surface area (Å²) < 4.78 is 10.6. The lowest BCUT2D eigenvalue weighted by Crippen LogP contribution is -2.50. The molecule has 1 N–H and O–H groups in total. The third-order valence-corrected chi connectivity index (χ3v) is 5.44. The molecule has 1 saturated heterocycles. The number of carbonyl (C=O) groups is 2. The van der Waals surface area contributed by atoms with Gasteiger partial charge in [0.05, 0.1) is 12.8 Å². The Morgan fingerprint density at radius 1 is 1.24 bits per heavy atom. The molecular formula is C20H26N4O4S. The second-order valence-corrected chi connectivity index (χ2v) is 8.81. The van der Waals surface area contributed by atoms with Crippen molar-refractivity contribution in [3.8, 4) is 0 Å². The number of aromatic nitrogens is 2. The van der Waals surface area contributed by atoms with Crippen molar-refractivity contribution >= 4 is 34.3 Å². The lowest BCUT2D eigenvalue weighted by atomic mass is 9.75. The highest BCUT2D eigenvalue weighted by molar-refractivity contribution is 7.13. The molecule has 9 heteroatoms. The summed E-state index contributed by atoms with van der Waals surface area (Å²) in [6.45, 7) is 6.26. The van der Waals surface area contributed by atoms with E-state index in [1.165, 1.54) is 18.4 Å². The van der Waals surface area contributed by atoms with Gasteiger partial charge in [-0.1, -0.05) is 6.07 Å². The van der Waals surface area contributed by atoms with Crippen LogP contribution >= 0.6 is 11.3 Å². The van der Waals surface area contributed by atoms with E-state index in [1.807, 2.05) is 44.4 Å². The van der Waals surface area contributed by atoms with Gasteiger partial charge in [0.25, 0.3) is 0 Å². The fourth-order valence-electron chi connectivity index (χ4n) is 3.32. The van der Waals surface area contributed by atoms with Crippen LogP contribution in [0.25, 0.3) is 0 Å². The van der Waals surface area contributed by atoms with Crippen LogP contribution in [0.5, 0.6) is 0 Å². The lowest BCUT2D eigenvalue weighted by molar-refractivity contribution is -0.150. The van der Waals surface area contributed by atoms with Crippen molar-refractivity contribution in [1.82, 2.24) is 14.9 Å². The predicted octanol–water partition coefficient (Wildman–Crippen LogP) is 3.72. The second-order valence-electron chi connectivity index (χ2n) is 7.91. The van der Waals surface area contributed by atoms with Gasteiger partial charge in [0.1, 0.15) is 16.8 Å². The van der Waals surface area contributed by atoms with Gasteiger partial charge in [0.15, 0.2) is 5.13 Å². The van der Waals surface area contributed by atoms with Crippen molar-refractivity contribution in [2.24, 2.45) is 0 Å². The number of pyridine rings is 1. The minimum absolute atomic E-state index is 0.347. The van der Waals surface area contributed by atoms with E-state index in [2.05, 4.69) is 15.3 Å². The number of ether oxygens (including phenoxy) is 2. The molecule has 0 aromatic carbocycles. The van der Waals surface area contributed by atoms with E-state index in [-0.39, 0.29) is 12.1 Å². The van der Waals surface area contributed by atoms with Gasteiger partial charge in [0.2, 0.25) is 0 Å². The molecule has 1 amide bonds. The number of methoxy groups -OCH3 is 1. The van der Waals surface area contributed by atoms with E-state index in [9.17, 15) is 9.59 Å². The molecule has 3 heterocycles. The third-order valence-electron chi connectivity index (χ3n) is 4.75. The van der Waals surface area contributed by atoms with E-state index < -0.39 is 11.0 Å². The molecule has 29 heavy (non-hydrogen) atoms. The Morgan fingerprint density at radius 3 is 2.55 bits per heavy atom. The first-order chi connectivity index (χ1) is 13.7. The number of anilines is 2. The zero-order chi connectivity index (χ0) is 21.1. The van der Waals surface area contributed by atoms with Gasteiger partial charge in [0, 0.05) is 24.7 Å². The number of thiazole rings is 1. The molecule has 3 rings (SSSR count). The number of piperidine rings is 1. The zero-order valence-electron chi connectivity index (χ0n) is 17.1. The van der Waals surface area contributed by atoms with Crippen LogP contribution in [0.3, 0.4) is 0 Å².